The first-order valence-corrected chi connectivity index (χ1v) is 10.7. The third-order valence-electron chi connectivity index (χ3n) is 6.05. The number of carboxylic acid groups (broad SMARTS) is 1. The van der Waals surface area contributed by atoms with Gasteiger partial charge >= 0.3 is 12.1 Å². The Kier molecular flexibility index (Phi) is 5.61. The molecular formula is C23H19N5O7. The molecule has 2 heterocycles. The molecule has 0 spiro atoms. The summed E-state index contributed by atoms with van der Waals surface area (Å²) in [6, 6.07) is 14.4. The van der Waals surface area contributed by atoms with Crippen molar-refractivity contribution in [2.75, 3.05) is 18.5 Å². The van der Waals surface area contributed by atoms with E-state index in [1.807, 2.05) is 48.5 Å². The Balaban J connectivity index is 1.25. The number of fused-ring (bicyclic) bond motifs is 3. The number of nitrogens with zero attached hydrogens (tertiary/aromatic N) is 2. The van der Waals surface area contributed by atoms with Gasteiger partial charge in [-0.3, -0.25) is 19.7 Å². The molecule has 12 heteroatoms. The minimum absolute atomic E-state index is 0.0369. The quantitative estimate of drug-likeness (QED) is 0.409. The maximum absolute atomic E-state index is 12.6. The number of ether oxygens (including phenoxy) is 1. The normalized spacial score (nSPS) is 18.3. The van der Waals surface area contributed by atoms with Gasteiger partial charge in [-0.15, -0.1) is 0 Å². The topological polar surface area (TPSA) is 173 Å². The average Bonchev–Trinajstić information content (AvgIpc) is 3.54. The summed E-state index contributed by atoms with van der Waals surface area (Å²) in [5.41, 5.74) is 3.79. The van der Waals surface area contributed by atoms with Crippen LogP contribution in [0.4, 0.5) is 10.6 Å². The molecule has 3 aromatic rings. The van der Waals surface area contributed by atoms with E-state index in [9.17, 15) is 24.3 Å². The molecule has 1 aromatic heterocycles. The molecule has 1 aliphatic heterocycles. The molecule has 0 saturated carbocycles. The number of anilines is 1. The summed E-state index contributed by atoms with van der Waals surface area (Å²) in [6.45, 7) is -0.0871. The molecule has 2 aliphatic rings. The second kappa shape index (κ2) is 8.89. The molecule has 0 bridgehead atoms. The second-order valence-electron chi connectivity index (χ2n) is 8.05. The SMILES string of the molecule is O=C(Nc1nonc1C(=O)NC1C(=O)NCC1C(=O)O)OCC1c2ccccc2-c2ccccc21. The summed E-state index contributed by atoms with van der Waals surface area (Å²) in [4.78, 5) is 48.3. The minimum Gasteiger partial charge on any atom is -0.481 e. The fourth-order valence-electron chi connectivity index (χ4n) is 4.38. The summed E-state index contributed by atoms with van der Waals surface area (Å²) in [7, 11) is 0. The van der Waals surface area contributed by atoms with Gasteiger partial charge in [-0.05, 0) is 32.6 Å². The van der Waals surface area contributed by atoms with Crippen LogP contribution in [0.1, 0.15) is 27.5 Å². The number of rotatable bonds is 6. The molecule has 1 fully saturated rings. The van der Waals surface area contributed by atoms with E-state index in [2.05, 4.69) is 30.9 Å². The number of carboxylic acids is 1. The third-order valence-corrected chi connectivity index (χ3v) is 6.05. The highest BCUT2D eigenvalue weighted by Crippen LogP contribution is 2.44. The van der Waals surface area contributed by atoms with Gasteiger partial charge in [0.2, 0.25) is 17.4 Å². The standard InChI is InChI=1S/C23H19N5O7/c29-20-17(15(9-24-20)22(31)32)25-21(30)18-19(28-35-27-18)26-23(33)34-10-16-13-7-3-1-5-11(13)12-6-2-4-8-14(12)16/h1-8,15-17H,9-10H2,(H,24,29)(H,25,30)(H,31,32)(H,26,28,33). The van der Waals surface area contributed by atoms with Gasteiger partial charge in [0.05, 0.1) is 0 Å². The average molecular weight is 477 g/mol. The maximum atomic E-state index is 12.6. The number of hydrogen-bond acceptors (Lipinski definition) is 8. The van der Waals surface area contributed by atoms with Crippen molar-refractivity contribution in [1.29, 1.82) is 0 Å². The predicted molar refractivity (Wildman–Crippen MR) is 118 cm³/mol. The number of amides is 3. The first-order chi connectivity index (χ1) is 16.9. The Labute approximate surface area is 197 Å². The summed E-state index contributed by atoms with van der Waals surface area (Å²) < 4.78 is 9.97. The number of aliphatic carboxylic acids is 1. The van der Waals surface area contributed by atoms with Gasteiger partial charge in [0.25, 0.3) is 5.91 Å². The zero-order chi connectivity index (χ0) is 24.5. The number of benzene rings is 2. The van der Waals surface area contributed by atoms with Gasteiger partial charge < -0.3 is 20.5 Å². The van der Waals surface area contributed by atoms with E-state index in [1.54, 1.807) is 0 Å². The van der Waals surface area contributed by atoms with Crippen LogP contribution in [0.15, 0.2) is 53.2 Å². The molecule has 12 nitrogen and oxygen atoms in total. The van der Waals surface area contributed by atoms with Crippen molar-refractivity contribution >= 4 is 29.7 Å². The van der Waals surface area contributed by atoms with Crippen LogP contribution in [0.3, 0.4) is 0 Å². The summed E-state index contributed by atoms with van der Waals surface area (Å²) in [5.74, 6) is -4.47. The Morgan fingerprint density at radius 3 is 2.37 bits per heavy atom. The first-order valence-electron chi connectivity index (χ1n) is 10.7. The molecule has 2 atom stereocenters. The lowest BCUT2D eigenvalue weighted by atomic mass is 9.98. The highest BCUT2D eigenvalue weighted by Gasteiger charge is 2.41. The van der Waals surface area contributed by atoms with E-state index in [0.717, 1.165) is 22.3 Å². The molecule has 1 aliphatic carbocycles. The molecule has 3 amide bonds. The van der Waals surface area contributed by atoms with Crippen molar-refractivity contribution in [2.24, 2.45) is 5.92 Å². The molecule has 2 unspecified atom stereocenters. The van der Waals surface area contributed by atoms with Crippen molar-refractivity contribution in [3.63, 3.8) is 0 Å². The minimum atomic E-state index is -1.31. The fraction of sp³-hybridized carbons (Fsp3) is 0.217. The molecule has 178 valence electrons. The van der Waals surface area contributed by atoms with Gasteiger partial charge in [0.15, 0.2) is 0 Å². The van der Waals surface area contributed by atoms with Crippen LogP contribution in [-0.4, -0.2) is 58.5 Å². The van der Waals surface area contributed by atoms with Gasteiger partial charge in [-0.2, -0.15) is 0 Å². The molecule has 2 aromatic carbocycles. The van der Waals surface area contributed by atoms with E-state index in [-0.39, 0.29) is 24.9 Å². The fourth-order valence-corrected chi connectivity index (χ4v) is 4.38. The van der Waals surface area contributed by atoms with Crippen LogP contribution < -0.4 is 16.0 Å². The number of aromatic nitrogens is 2. The van der Waals surface area contributed by atoms with Crippen molar-refractivity contribution in [3.05, 3.63) is 65.4 Å². The molecule has 0 radical (unpaired) electrons. The third kappa shape index (κ3) is 4.05. The van der Waals surface area contributed by atoms with E-state index in [1.165, 1.54) is 0 Å². The second-order valence-corrected chi connectivity index (χ2v) is 8.05. The van der Waals surface area contributed by atoms with Gasteiger partial charge in [0, 0.05) is 12.5 Å². The zero-order valence-electron chi connectivity index (χ0n) is 18.1. The van der Waals surface area contributed by atoms with E-state index in [0.29, 0.717) is 0 Å². The Bertz CT molecular complexity index is 1290. The monoisotopic (exact) mass is 477 g/mol. The summed E-state index contributed by atoms with van der Waals surface area (Å²) in [5, 5.41) is 23.2. The van der Waals surface area contributed by atoms with Gasteiger partial charge in [-0.25, -0.2) is 9.42 Å². The van der Waals surface area contributed by atoms with Crippen LogP contribution in [0.25, 0.3) is 11.1 Å². The van der Waals surface area contributed by atoms with Crippen LogP contribution >= 0.6 is 0 Å². The Morgan fingerprint density at radius 2 is 1.71 bits per heavy atom. The number of hydrogen-bond donors (Lipinski definition) is 4. The summed E-state index contributed by atoms with van der Waals surface area (Å²) in [6.07, 6.45) is -0.890. The number of nitrogens with one attached hydrogen (secondary N) is 3. The maximum Gasteiger partial charge on any atom is 0.412 e. The van der Waals surface area contributed by atoms with Gasteiger partial charge in [-0.1, -0.05) is 48.5 Å². The van der Waals surface area contributed by atoms with Crippen molar-refractivity contribution < 1.29 is 33.7 Å². The van der Waals surface area contributed by atoms with Crippen LogP contribution in [0.2, 0.25) is 0 Å². The molecule has 5 rings (SSSR count). The first kappa shape index (κ1) is 22.1. The highest BCUT2D eigenvalue weighted by atomic mass is 16.6. The van der Waals surface area contributed by atoms with E-state index < -0.39 is 41.5 Å². The lowest BCUT2D eigenvalue weighted by Gasteiger charge is -2.15. The van der Waals surface area contributed by atoms with Crippen molar-refractivity contribution in [2.45, 2.75) is 12.0 Å². The van der Waals surface area contributed by atoms with Crippen molar-refractivity contribution in [1.82, 2.24) is 20.9 Å². The molecule has 1 saturated heterocycles. The summed E-state index contributed by atoms with van der Waals surface area (Å²) >= 11 is 0. The Hall–Kier alpha value is -4.74. The van der Waals surface area contributed by atoms with Crippen molar-refractivity contribution in [3.8, 4) is 11.1 Å². The number of carbonyl (C=O) groups is 4. The molecule has 4 N–H and O–H groups in total. The molecular weight excluding hydrogens is 458 g/mol. The van der Waals surface area contributed by atoms with Crippen LogP contribution in [0, 0.1) is 5.92 Å². The van der Waals surface area contributed by atoms with E-state index >= 15 is 0 Å². The highest BCUT2D eigenvalue weighted by molar-refractivity contribution is 6.03. The predicted octanol–water partition coefficient (Wildman–Crippen LogP) is 1.36. The number of carbonyl (C=O) groups excluding carboxylic acids is 3. The smallest absolute Gasteiger partial charge is 0.412 e. The largest absolute Gasteiger partial charge is 0.481 e. The van der Waals surface area contributed by atoms with E-state index in [4.69, 9.17) is 4.74 Å². The van der Waals surface area contributed by atoms with Gasteiger partial charge in [0.1, 0.15) is 18.6 Å². The molecule has 35 heavy (non-hydrogen) atoms. The lowest BCUT2D eigenvalue weighted by Crippen LogP contribution is -2.45. The lowest BCUT2D eigenvalue weighted by molar-refractivity contribution is -0.142. The Morgan fingerprint density at radius 1 is 1.06 bits per heavy atom. The zero-order valence-corrected chi connectivity index (χ0v) is 18.1. The van der Waals surface area contributed by atoms with Crippen LogP contribution in [0.5, 0.6) is 0 Å². The van der Waals surface area contributed by atoms with Crippen LogP contribution in [-0.2, 0) is 14.3 Å².